The van der Waals surface area contributed by atoms with Gasteiger partial charge in [0.15, 0.2) is 5.96 Å². The second-order valence-electron chi connectivity index (χ2n) is 10.6. The number of guanidine groups is 1. The molecule has 15 heteroatoms. The number of halogens is 4. The first-order chi connectivity index (χ1) is 20.2. The van der Waals surface area contributed by atoms with E-state index in [1.165, 1.54) is 0 Å². The minimum atomic E-state index is -5.08. The highest BCUT2D eigenvalue weighted by Gasteiger charge is 2.44. The van der Waals surface area contributed by atoms with Crippen LogP contribution in [0.5, 0.6) is 0 Å². The second kappa shape index (κ2) is 12.7. The monoisotopic (exact) mass is 621 g/mol. The quantitative estimate of drug-likeness (QED) is 0.369. The molecule has 1 amide bonds. The van der Waals surface area contributed by atoms with Gasteiger partial charge in [0.2, 0.25) is 5.91 Å². The first-order valence-electron chi connectivity index (χ1n) is 13.4. The van der Waals surface area contributed by atoms with Crippen molar-refractivity contribution in [3.8, 4) is 11.3 Å². The van der Waals surface area contributed by atoms with Gasteiger partial charge in [-0.2, -0.15) is 13.2 Å². The van der Waals surface area contributed by atoms with Gasteiger partial charge >= 0.3 is 12.1 Å². The van der Waals surface area contributed by atoms with E-state index in [2.05, 4.69) is 20.6 Å². The Balaban J connectivity index is 0.000000541. The number of nitrogens with zero attached hydrogens (tertiary/aromatic N) is 5. The lowest BCUT2D eigenvalue weighted by atomic mass is 9.84. The zero-order chi connectivity index (χ0) is 31.5. The molecular formula is C28H31ClF3N7O4. The number of rotatable bonds is 5. The van der Waals surface area contributed by atoms with Gasteiger partial charge in [0.05, 0.1) is 35.3 Å². The van der Waals surface area contributed by atoms with E-state index in [1.807, 2.05) is 63.5 Å². The average molecular weight is 622 g/mol. The van der Waals surface area contributed by atoms with Crippen LogP contribution in [-0.2, 0) is 19.9 Å². The summed E-state index contributed by atoms with van der Waals surface area (Å²) >= 11 is 6.93. The Labute approximate surface area is 250 Å². The van der Waals surface area contributed by atoms with E-state index in [0.717, 1.165) is 29.5 Å². The van der Waals surface area contributed by atoms with E-state index < -0.39 is 17.7 Å². The fraction of sp³-hybridized carbons (Fsp3) is 0.429. The van der Waals surface area contributed by atoms with E-state index in [9.17, 15) is 18.0 Å². The summed E-state index contributed by atoms with van der Waals surface area (Å²) in [6.45, 7) is 6.53. The van der Waals surface area contributed by atoms with Gasteiger partial charge in [0, 0.05) is 30.6 Å². The maximum Gasteiger partial charge on any atom is 0.490 e. The van der Waals surface area contributed by atoms with Crippen molar-refractivity contribution in [1.82, 2.24) is 30.2 Å². The Morgan fingerprint density at radius 1 is 1.30 bits per heavy atom. The van der Waals surface area contributed by atoms with Gasteiger partial charge in [-0.25, -0.2) is 9.48 Å². The molecule has 0 saturated carbocycles. The number of nitrogens with one attached hydrogen (secondary N) is 2. The first-order valence-corrected chi connectivity index (χ1v) is 13.8. The van der Waals surface area contributed by atoms with Crippen LogP contribution >= 0.6 is 11.6 Å². The van der Waals surface area contributed by atoms with Crippen molar-refractivity contribution >= 4 is 29.4 Å². The lowest BCUT2D eigenvalue weighted by molar-refractivity contribution is -0.192. The Hall–Kier alpha value is -4.04. The number of hydrogen-bond acceptors (Lipinski definition) is 7. The van der Waals surface area contributed by atoms with Crippen LogP contribution in [0.1, 0.15) is 57.2 Å². The van der Waals surface area contributed by atoms with Gasteiger partial charge in [0.25, 0.3) is 0 Å². The molecule has 11 nitrogen and oxygen atoms in total. The van der Waals surface area contributed by atoms with Crippen LogP contribution in [0.3, 0.4) is 0 Å². The lowest BCUT2D eigenvalue weighted by Gasteiger charge is -2.45. The molecule has 4 atom stereocenters. The molecule has 2 aliphatic heterocycles. The minimum absolute atomic E-state index is 0.0375. The van der Waals surface area contributed by atoms with E-state index in [-0.39, 0.29) is 36.5 Å². The fourth-order valence-electron chi connectivity index (χ4n) is 5.16. The summed E-state index contributed by atoms with van der Waals surface area (Å²) < 4.78 is 39.1. The summed E-state index contributed by atoms with van der Waals surface area (Å²) in [7, 11) is 0. The third kappa shape index (κ3) is 7.13. The highest BCUT2D eigenvalue weighted by Crippen LogP contribution is 2.39. The van der Waals surface area contributed by atoms with Crippen LogP contribution in [0, 0.1) is 5.41 Å². The van der Waals surface area contributed by atoms with Crippen molar-refractivity contribution in [2.45, 2.75) is 69.9 Å². The minimum Gasteiger partial charge on any atom is -0.475 e. The predicted octanol–water partition coefficient (Wildman–Crippen LogP) is 4.78. The molecule has 0 spiro atoms. The maximum absolute atomic E-state index is 13.3. The molecule has 230 valence electrons. The van der Waals surface area contributed by atoms with Gasteiger partial charge < -0.3 is 15.2 Å². The lowest BCUT2D eigenvalue weighted by Crippen LogP contribution is -2.63. The molecule has 2 saturated heterocycles. The standard InChI is InChI=1S/C26H30ClN7O2.C2HF3O2/c1-16-12-19(9-11-36-16)34-23(35)13-26(3,30-25(34)28)21-8-4-7-20(24(21)27)22-15-33(32-31-22)17(2)18-6-5-10-29-14-18;3-2(4,5)1(6)7/h4-8,10,14-17,19H,9,11-13H2,1-3H3,(H2,28,30);(H,6,7)/t16-,17+,19-,26-;/m0./s1. The summed E-state index contributed by atoms with van der Waals surface area (Å²) in [4.78, 5) is 28.0. The van der Waals surface area contributed by atoms with Gasteiger partial charge in [-0.3, -0.25) is 20.1 Å². The average Bonchev–Trinajstić information content (AvgIpc) is 3.43. The SMILES string of the molecule is C[C@H](c1cccnc1)n1cc(-c2cccc([C@]3(C)CC(=O)N([C@H]4CCO[C@@H](C)C4)C(=N)N3)c2Cl)nn1.O=C(O)C(F)(F)F. The van der Waals surface area contributed by atoms with Crippen LogP contribution in [0.2, 0.25) is 5.02 Å². The molecule has 0 bridgehead atoms. The molecule has 1 aromatic carbocycles. The molecule has 43 heavy (non-hydrogen) atoms. The first kappa shape index (κ1) is 31.9. The van der Waals surface area contributed by atoms with Gasteiger partial charge in [-0.05, 0) is 50.8 Å². The van der Waals surface area contributed by atoms with Crippen molar-refractivity contribution in [3.05, 3.63) is 65.1 Å². The number of pyridine rings is 1. The summed E-state index contributed by atoms with van der Waals surface area (Å²) in [5.41, 5.74) is 2.30. The second-order valence-corrected chi connectivity index (χ2v) is 11.0. The Kier molecular flexibility index (Phi) is 9.40. The number of carbonyl (C=O) groups is 2. The van der Waals surface area contributed by atoms with Crippen LogP contribution in [0.25, 0.3) is 11.3 Å². The number of hydrogen-bond donors (Lipinski definition) is 3. The largest absolute Gasteiger partial charge is 0.490 e. The number of benzene rings is 1. The van der Waals surface area contributed by atoms with E-state index >= 15 is 0 Å². The van der Waals surface area contributed by atoms with Crippen molar-refractivity contribution in [2.24, 2.45) is 0 Å². The molecule has 0 aliphatic carbocycles. The summed E-state index contributed by atoms with van der Waals surface area (Å²) in [5, 5.41) is 28.3. The Morgan fingerprint density at radius 2 is 2.02 bits per heavy atom. The number of carboxylic acids is 1. The molecule has 2 fully saturated rings. The smallest absolute Gasteiger partial charge is 0.475 e. The Bertz CT molecular complexity index is 1470. The van der Waals surface area contributed by atoms with Crippen LogP contribution in [0.15, 0.2) is 48.9 Å². The molecule has 0 radical (unpaired) electrons. The number of alkyl halides is 3. The number of aliphatic carboxylic acids is 1. The molecule has 0 unspecified atom stereocenters. The maximum atomic E-state index is 13.3. The van der Waals surface area contributed by atoms with E-state index in [1.54, 1.807) is 15.8 Å². The number of carboxylic acid groups (broad SMARTS) is 1. The van der Waals surface area contributed by atoms with Crippen molar-refractivity contribution in [3.63, 3.8) is 0 Å². The van der Waals surface area contributed by atoms with E-state index in [4.69, 9.17) is 31.6 Å². The normalized spacial score (nSPS) is 23.2. The van der Waals surface area contributed by atoms with Crippen molar-refractivity contribution in [1.29, 1.82) is 5.41 Å². The van der Waals surface area contributed by atoms with Gasteiger partial charge in [-0.15, -0.1) is 5.10 Å². The molecular weight excluding hydrogens is 591 g/mol. The summed E-state index contributed by atoms with van der Waals surface area (Å²) in [5.74, 6) is -2.74. The Morgan fingerprint density at radius 3 is 2.63 bits per heavy atom. The third-order valence-electron chi connectivity index (χ3n) is 7.42. The van der Waals surface area contributed by atoms with Crippen molar-refractivity contribution in [2.75, 3.05) is 6.61 Å². The van der Waals surface area contributed by atoms with Crippen LogP contribution < -0.4 is 5.32 Å². The fourth-order valence-corrected chi connectivity index (χ4v) is 5.59. The molecule has 2 aliphatic rings. The molecule has 4 heterocycles. The highest BCUT2D eigenvalue weighted by molar-refractivity contribution is 6.34. The third-order valence-corrected chi connectivity index (χ3v) is 7.82. The molecule has 5 rings (SSSR count). The zero-order valence-corrected chi connectivity index (χ0v) is 24.4. The van der Waals surface area contributed by atoms with Crippen molar-refractivity contribution < 1.29 is 32.6 Å². The predicted molar refractivity (Wildman–Crippen MR) is 150 cm³/mol. The molecule has 3 aromatic rings. The summed E-state index contributed by atoms with van der Waals surface area (Å²) in [6.07, 6.45) is 2.03. The van der Waals surface area contributed by atoms with Crippen LogP contribution in [-0.4, -0.2) is 72.7 Å². The van der Waals surface area contributed by atoms with E-state index in [0.29, 0.717) is 17.3 Å². The van der Waals surface area contributed by atoms with Crippen LogP contribution in [0.4, 0.5) is 13.2 Å². The number of aromatic nitrogens is 4. The molecule has 3 N–H and O–H groups in total. The van der Waals surface area contributed by atoms with Gasteiger partial charge in [-0.1, -0.05) is 41.1 Å². The zero-order valence-electron chi connectivity index (χ0n) is 23.6. The topological polar surface area (TPSA) is 146 Å². The summed E-state index contributed by atoms with van der Waals surface area (Å²) in [6, 6.07) is 9.50. The number of ether oxygens (including phenoxy) is 1. The molecule has 2 aromatic heterocycles. The highest BCUT2D eigenvalue weighted by atomic mass is 35.5. The van der Waals surface area contributed by atoms with Gasteiger partial charge in [0.1, 0.15) is 5.69 Å². The number of carbonyl (C=O) groups excluding carboxylic acids is 1. The number of amides is 1.